The minimum Gasteiger partial charge on any atom is -0.460 e. The Balaban J connectivity index is 1.52. The molecule has 0 aliphatic carbocycles. The number of hydrogen-bond acceptors (Lipinski definition) is 8. The number of anilines is 1. The molecule has 0 spiro atoms. The summed E-state index contributed by atoms with van der Waals surface area (Å²) in [7, 11) is 0. The first-order valence-electron chi connectivity index (χ1n) is 11.5. The molecular weight excluding hydrogens is 500 g/mol. The van der Waals surface area contributed by atoms with Crippen LogP contribution in [0.3, 0.4) is 0 Å². The largest absolute Gasteiger partial charge is 0.460 e. The Hall–Kier alpha value is -4.64. The van der Waals surface area contributed by atoms with E-state index >= 15 is 8.78 Å². The Morgan fingerprint density at radius 3 is 2.13 bits per heavy atom. The lowest BCUT2D eigenvalue weighted by Crippen LogP contribution is -2.44. The van der Waals surface area contributed by atoms with E-state index in [1.165, 1.54) is 12.2 Å². The minimum absolute atomic E-state index is 0.169. The molecule has 11 heteroatoms. The predicted molar refractivity (Wildman–Crippen MR) is 134 cm³/mol. The van der Waals surface area contributed by atoms with E-state index in [4.69, 9.17) is 19.9 Å². The average Bonchev–Trinajstić information content (AvgIpc) is 3.15. The molecule has 0 radical (unpaired) electrons. The second-order valence-electron chi connectivity index (χ2n) is 8.22. The van der Waals surface area contributed by atoms with Gasteiger partial charge in [-0.15, -0.1) is 0 Å². The van der Waals surface area contributed by atoms with Crippen molar-refractivity contribution in [1.82, 2.24) is 9.55 Å². The van der Waals surface area contributed by atoms with Crippen LogP contribution in [0.4, 0.5) is 14.6 Å². The van der Waals surface area contributed by atoms with Crippen molar-refractivity contribution < 1.29 is 32.6 Å². The van der Waals surface area contributed by atoms with Crippen molar-refractivity contribution in [3.8, 4) is 0 Å². The van der Waals surface area contributed by atoms with Gasteiger partial charge in [0.1, 0.15) is 18.5 Å². The van der Waals surface area contributed by atoms with Crippen LogP contribution in [-0.2, 0) is 23.8 Å². The maximum atomic E-state index is 15.5. The molecule has 1 aliphatic rings. The maximum absolute atomic E-state index is 15.5. The highest BCUT2D eigenvalue weighted by Crippen LogP contribution is 2.44. The lowest BCUT2D eigenvalue weighted by Gasteiger charge is -2.23. The van der Waals surface area contributed by atoms with Gasteiger partial charge in [0.15, 0.2) is 6.10 Å². The van der Waals surface area contributed by atoms with Crippen LogP contribution in [0.1, 0.15) is 17.4 Å². The first-order chi connectivity index (χ1) is 18.2. The number of carbonyl (C=O) groups is 2. The number of nitrogen functional groups attached to an aromatic ring is 1. The zero-order valence-corrected chi connectivity index (χ0v) is 19.9. The molecule has 2 N–H and O–H groups in total. The topological polar surface area (TPSA) is 123 Å². The van der Waals surface area contributed by atoms with Crippen molar-refractivity contribution in [3.05, 3.63) is 107 Å². The lowest BCUT2D eigenvalue weighted by atomic mass is 10.1. The fraction of sp³-hybridized carbons (Fsp3) is 0.185. The van der Waals surface area contributed by atoms with Gasteiger partial charge in [0.25, 0.3) is 0 Å². The second-order valence-corrected chi connectivity index (χ2v) is 8.22. The maximum Gasteiger partial charge on any atom is 0.351 e. The summed E-state index contributed by atoms with van der Waals surface area (Å²) in [5, 5.41) is 0. The lowest BCUT2D eigenvalue weighted by molar-refractivity contribution is -0.172. The predicted octanol–water partition coefficient (Wildman–Crippen LogP) is 3.24. The number of benzene rings is 2. The Kier molecular flexibility index (Phi) is 8.07. The Morgan fingerprint density at radius 2 is 1.55 bits per heavy atom. The Labute approximate surface area is 215 Å². The molecular formula is C27H23F2N3O6. The number of halogens is 2. The van der Waals surface area contributed by atoms with E-state index in [9.17, 15) is 14.4 Å². The summed E-state index contributed by atoms with van der Waals surface area (Å²) in [5.41, 5.74) is 5.73. The fourth-order valence-corrected chi connectivity index (χ4v) is 3.69. The summed E-state index contributed by atoms with van der Waals surface area (Å²) in [4.78, 5) is 40.3. The van der Waals surface area contributed by atoms with Crippen molar-refractivity contribution >= 4 is 29.9 Å². The molecule has 38 heavy (non-hydrogen) atoms. The quantitative estimate of drug-likeness (QED) is 0.353. The number of alkyl halides is 2. The van der Waals surface area contributed by atoms with E-state index in [2.05, 4.69) is 4.98 Å². The summed E-state index contributed by atoms with van der Waals surface area (Å²) in [6.45, 7) is -0.679. The zero-order valence-electron chi connectivity index (χ0n) is 19.9. The standard InChI is InChI=1S/C27H23F2N3O6/c28-27(29)24(38-23(34)14-12-19-9-5-2-6-10-19)20(37-25(27)32-16-15-21(30)31-26(32)35)17-36-22(33)13-11-18-7-3-1-4-8-18/h1-16,20,24-25H,17H2,(H2,30,31,35)/b13-11+,14-12+/t20-,24-,25-/m1/s1. The van der Waals surface area contributed by atoms with Crippen molar-refractivity contribution in [1.29, 1.82) is 0 Å². The van der Waals surface area contributed by atoms with Crippen LogP contribution >= 0.6 is 0 Å². The van der Waals surface area contributed by atoms with Crippen LogP contribution in [-0.4, -0.2) is 46.2 Å². The third-order valence-electron chi connectivity index (χ3n) is 5.51. The number of carbonyl (C=O) groups excluding carboxylic acids is 2. The van der Waals surface area contributed by atoms with Gasteiger partial charge in [0, 0.05) is 18.3 Å². The molecule has 196 valence electrons. The monoisotopic (exact) mass is 523 g/mol. The van der Waals surface area contributed by atoms with Crippen LogP contribution < -0.4 is 11.4 Å². The van der Waals surface area contributed by atoms with E-state index in [0.717, 1.165) is 30.0 Å². The summed E-state index contributed by atoms with van der Waals surface area (Å²) in [6.07, 6.45) is 0.0148. The van der Waals surface area contributed by atoms with E-state index in [1.807, 2.05) is 6.07 Å². The van der Waals surface area contributed by atoms with Crippen LogP contribution in [0, 0.1) is 0 Å². The van der Waals surface area contributed by atoms with E-state index in [-0.39, 0.29) is 5.82 Å². The number of esters is 2. The average molecular weight is 523 g/mol. The molecule has 0 bridgehead atoms. The highest BCUT2D eigenvalue weighted by Gasteiger charge is 2.62. The molecule has 1 fully saturated rings. The van der Waals surface area contributed by atoms with E-state index < -0.39 is 48.6 Å². The molecule has 9 nitrogen and oxygen atoms in total. The van der Waals surface area contributed by atoms with Gasteiger partial charge in [-0.05, 0) is 29.3 Å². The van der Waals surface area contributed by atoms with Crippen LogP contribution in [0.25, 0.3) is 12.2 Å². The number of ether oxygens (including phenoxy) is 3. The molecule has 0 saturated carbocycles. The van der Waals surface area contributed by atoms with Crippen LogP contribution in [0.5, 0.6) is 0 Å². The van der Waals surface area contributed by atoms with Crippen molar-refractivity contribution in [2.24, 2.45) is 0 Å². The van der Waals surface area contributed by atoms with Crippen LogP contribution in [0.15, 0.2) is 89.9 Å². The number of hydrogen-bond donors (Lipinski definition) is 1. The number of aromatic nitrogens is 2. The highest BCUT2D eigenvalue weighted by atomic mass is 19.3. The third kappa shape index (κ3) is 6.37. The molecule has 2 aromatic carbocycles. The van der Waals surface area contributed by atoms with Gasteiger partial charge < -0.3 is 19.9 Å². The van der Waals surface area contributed by atoms with Gasteiger partial charge in [-0.1, -0.05) is 60.7 Å². The SMILES string of the molecule is Nc1ccn([C@@H]2O[C@H](COC(=O)/C=C/c3ccccc3)[C@@H](OC(=O)/C=C/c3ccccc3)C2(F)F)c(=O)n1. The molecule has 4 rings (SSSR count). The van der Waals surface area contributed by atoms with Gasteiger partial charge >= 0.3 is 23.6 Å². The van der Waals surface area contributed by atoms with Gasteiger partial charge in [0.2, 0.25) is 6.23 Å². The van der Waals surface area contributed by atoms with E-state index in [1.54, 1.807) is 54.6 Å². The first-order valence-corrected chi connectivity index (χ1v) is 11.5. The molecule has 0 amide bonds. The Morgan fingerprint density at radius 1 is 0.974 bits per heavy atom. The number of nitrogens with two attached hydrogens (primary N) is 1. The van der Waals surface area contributed by atoms with Gasteiger partial charge in [-0.2, -0.15) is 13.8 Å². The summed E-state index contributed by atoms with van der Waals surface area (Å²) >= 11 is 0. The minimum atomic E-state index is -3.89. The second kappa shape index (κ2) is 11.6. The first kappa shape index (κ1) is 26.4. The molecule has 1 aromatic heterocycles. The molecule has 1 saturated heterocycles. The zero-order chi connectivity index (χ0) is 27.1. The summed E-state index contributed by atoms with van der Waals surface area (Å²) in [5.74, 6) is -5.97. The Bertz CT molecular complexity index is 1390. The smallest absolute Gasteiger partial charge is 0.351 e. The molecule has 3 atom stereocenters. The van der Waals surface area contributed by atoms with Crippen molar-refractivity contribution in [2.45, 2.75) is 24.4 Å². The number of rotatable bonds is 8. The molecule has 3 aromatic rings. The molecule has 1 aliphatic heterocycles. The molecule has 0 unspecified atom stereocenters. The molecule has 2 heterocycles. The normalized spacial score (nSPS) is 20.5. The fourth-order valence-electron chi connectivity index (χ4n) is 3.69. The van der Waals surface area contributed by atoms with Crippen molar-refractivity contribution in [3.63, 3.8) is 0 Å². The van der Waals surface area contributed by atoms with Gasteiger partial charge in [0.05, 0.1) is 0 Å². The van der Waals surface area contributed by atoms with Gasteiger partial charge in [-0.25, -0.2) is 14.4 Å². The van der Waals surface area contributed by atoms with E-state index in [0.29, 0.717) is 10.1 Å². The summed E-state index contributed by atoms with van der Waals surface area (Å²) < 4.78 is 47.1. The van der Waals surface area contributed by atoms with Crippen LogP contribution in [0.2, 0.25) is 0 Å². The van der Waals surface area contributed by atoms with Gasteiger partial charge in [-0.3, -0.25) is 4.57 Å². The summed E-state index contributed by atoms with van der Waals surface area (Å²) in [6, 6.07) is 18.7. The third-order valence-corrected chi connectivity index (χ3v) is 5.51. The highest BCUT2D eigenvalue weighted by molar-refractivity contribution is 5.87. The van der Waals surface area contributed by atoms with Crippen molar-refractivity contribution in [2.75, 3.05) is 12.3 Å². The number of nitrogens with zero attached hydrogens (tertiary/aromatic N) is 2.